The summed E-state index contributed by atoms with van der Waals surface area (Å²) in [6, 6.07) is 14.0. The summed E-state index contributed by atoms with van der Waals surface area (Å²) >= 11 is 1.56. The number of thiazole rings is 1. The molecular weight excluding hydrogens is 440 g/mol. The van der Waals surface area contributed by atoms with E-state index in [-0.39, 0.29) is 18.5 Å². The molecule has 0 aliphatic carbocycles. The van der Waals surface area contributed by atoms with Crippen LogP contribution in [0.4, 0.5) is 5.69 Å². The molecule has 0 saturated heterocycles. The lowest BCUT2D eigenvalue weighted by molar-refractivity contribution is -0.118. The molecule has 3 aromatic rings. The number of para-hydroxylation sites is 2. The molecule has 1 heterocycles. The Morgan fingerprint density at radius 1 is 1.12 bits per heavy atom. The van der Waals surface area contributed by atoms with Gasteiger partial charge in [-0.25, -0.2) is 4.98 Å². The summed E-state index contributed by atoms with van der Waals surface area (Å²) in [6.07, 6.45) is 3.05. The predicted molar refractivity (Wildman–Crippen MR) is 128 cm³/mol. The van der Waals surface area contributed by atoms with Crippen LogP contribution in [0.1, 0.15) is 33.0 Å². The molecule has 8 nitrogen and oxygen atoms in total. The van der Waals surface area contributed by atoms with Crippen LogP contribution in [0.15, 0.2) is 60.0 Å². The maximum Gasteiger partial charge on any atom is 0.253 e. The lowest BCUT2D eigenvalue weighted by Gasteiger charge is -2.10. The molecule has 1 aromatic heterocycles. The van der Waals surface area contributed by atoms with Crippen LogP contribution in [0.2, 0.25) is 0 Å². The van der Waals surface area contributed by atoms with Crippen molar-refractivity contribution in [2.24, 2.45) is 5.73 Å². The fourth-order valence-corrected chi connectivity index (χ4v) is 3.50. The van der Waals surface area contributed by atoms with E-state index in [1.54, 1.807) is 41.7 Å². The van der Waals surface area contributed by atoms with Crippen molar-refractivity contribution < 1.29 is 19.1 Å². The number of aromatic nitrogens is 1. The van der Waals surface area contributed by atoms with Crippen molar-refractivity contribution in [1.29, 1.82) is 0 Å². The minimum Gasteiger partial charge on any atom is -0.487 e. The molecule has 0 unspecified atom stereocenters. The molecule has 3 amide bonds. The highest BCUT2D eigenvalue weighted by molar-refractivity contribution is 7.09. The van der Waals surface area contributed by atoms with E-state index in [4.69, 9.17) is 10.5 Å². The third-order valence-corrected chi connectivity index (χ3v) is 5.28. The fourth-order valence-electron chi connectivity index (χ4n) is 2.90. The zero-order chi connectivity index (χ0) is 23.6. The van der Waals surface area contributed by atoms with E-state index in [0.29, 0.717) is 18.0 Å². The number of aryl methyl sites for hydroxylation is 1. The second-order valence-electron chi connectivity index (χ2n) is 7.02. The molecule has 0 fully saturated rings. The zero-order valence-corrected chi connectivity index (χ0v) is 18.9. The van der Waals surface area contributed by atoms with E-state index in [2.05, 4.69) is 15.6 Å². The molecule has 2 aromatic carbocycles. The van der Waals surface area contributed by atoms with Gasteiger partial charge in [-0.15, -0.1) is 11.3 Å². The molecule has 0 spiro atoms. The Morgan fingerprint density at radius 2 is 1.88 bits per heavy atom. The van der Waals surface area contributed by atoms with Crippen LogP contribution in [0.3, 0.4) is 0 Å². The molecule has 9 heteroatoms. The van der Waals surface area contributed by atoms with Gasteiger partial charge in [0.05, 0.1) is 22.0 Å². The van der Waals surface area contributed by atoms with Crippen LogP contribution in [-0.2, 0) is 16.2 Å². The van der Waals surface area contributed by atoms with E-state index in [9.17, 15) is 14.4 Å². The highest BCUT2D eigenvalue weighted by Crippen LogP contribution is 2.22. The summed E-state index contributed by atoms with van der Waals surface area (Å²) in [7, 11) is 0. The molecule has 0 radical (unpaired) electrons. The van der Waals surface area contributed by atoms with Crippen molar-refractivity contribution in [3.63, 3.8) is 0 Å². The molecule has 3 rings (SSSR count). The Balaban J connectivity index is 1.64. The van der Waals surface area contributed by atoms with Gasteiger partial charge in [-0.3, -0.25) is 14.4 Å². The Morgan fingerprint density at radius 3 is 2.64 bits per heavy atom. The van der Waals surface area contributed by atoms with Crippen LogP contribution in [-0.4, -0.2) is 29.3 Å². The van der Waals surface area contributed by atoms with Gasteiger partial charge in [0, 0.05) is 30.0 Å². The Hall–Kier alpha value is -3.98. The number of amides is 3. The Kier molecular flexibility index (Phi) is 8.31. The van der Waals surface area contributed by atoms with Crippen molar-refractivity contribution in [3.05, 3.63) is 81.8 Å². The first-order valence-electron chi connectivity index (χ1n) is 10.2. The molecule has 0 bridgehead atoms. The molecule has 4 N–H and O–H groups in total. The highest BCUT2D eigenvalue weighted by Gasteiger charge is 2.12. The van der Waals surface area contributed by atoms with Gasteiger partial charge < -0.3 is 21.1 Å². The topological polar surface area (TPSA) is 123 Å². The number of hydrogen-bond donors (Lipinski definition) is 3. The second kappa shape index (κ2) is 11.6. The minimum absolute atomic E-state index is 0.0343. The second-order valence-corrected chi connectivity index (χ2v) is 8.09. The molecule has 0 saturated carbocycles. The van der Waals surface area contributed by atoms with Gasteiger partial charge in [-0.1, -0.05) is 30.3 Å². The van der Waals surface area contributed by atoms with E-state index in [0.717, 1.165) is 16.3 Å². The maximum absolute atomic E-state index is 12.5. The van der Waals surface area contributed by atoms with Gasteiger partial charge in [0.25, 0.3) is 5.91 Å². The number of nitrogens with one attached hydrogen (secondary N) is 2. The Labute approximate surface area is 195 Å². The normalized spacial score (nSPS) is 10.7. The molecule has 0 atom stereocenters. The number of carbonyl (C=O) groups excluding carboxylic acids is 3. The lowest BCUT2D eigenvalue weighted by atomic mass is 10.1. The van der Waals surface area contributed by atoms with Crippen molar-refractivity contribution in [2.45, 2.75) is 20.0 Å². The van der Waals surface area contributed by atoms with Gasteiger partial charge >= 0.3 is 0 Å². The van der Waals surface area contributed by atoms with Gasteiger partial charge in [-0.05, 0) is 31.2 Å². The summed E-state index contributed by atoms with van der Waals surface area (Å²) in [5, 5.41) is 8.24. The summed E-state index contributed by atoms with van der Waals surface area (Å²) in [5.41, 5.74) is 7.31. The van der Waals surface area contributed by atoms with Crippen LogP contribution in [0, 0.1) is 6.92 Å². The van der Waals surface area contributed by atoms with Gasteiger partial charge in [0.2, 0.25) is 11.8 Å². The average molecular weight is 465 g/mol. The average Bonchev–Trinajstić information content (AvgIpc) is 3.22. The van der Waals surface area contributed by atoms with Gasteiger partial charge in [0.15, 0.2) is 0 Å². The summed E-state index contributed by atoms with van der Waals surface area (Å²) in [4.78, 5) is 40.1. The van der Waals surface area contributed by atoms with Crippen molar-refractivity contribution in [3.8, 4) is 5.75 Å². The third kappa shape index (κ3) is 7.29. The molecule has 170 valence electrons. The number of hydrogen-bond acceptors (Lipinski definition) is 6. The molecule has 0 aliphatic rings. The van der Waals surface area contributed by atoms with Gasteiger partial charge in [-0.2, -0.15) is 0 Å². The number of primary amides is 1. The quantitative estimate of drug-likeness (QED) is 0.397. The van der Waals surface area contributed by atoms with E-state index in [1.165, 1.54) is 6.08 Å². The standard InChI is InChI=1S/C24H24N4O4S/c1-16-27-18(15-33-16)14-32-21-9-5-2-6-17(21)10-11-23(30)28-20-8-4-3-7-19(20)24(31)26-13-12-22(25)29/h2-11,15H,12-14H2,1H3,(H2,25,29)(H,26,31)(H,28,30)/b11-10+. The van der Waals surface area contributed by atoms with E-state index in [1.807, 2.05) is 36.6 Å². The highest BCUT2D eigenvalue weighted by atomic mass is 32.1. The predicted octanol–water partition coefficient (Wildman–Crippen LogP) is 3.29. The maximum atomic E-state index is 12.5. The number of nitrogens with zero attached hydrogens (tertiary/aromatic N) is 1. The number of rotatable bonds is 10. The Bertz CT molecular complexity index is 1170. The molecular formula is C24H24N4O4S. The van der Waals surface area contributed by atoms with Crippen LogP contribution in [0.5, 0.6) is 5.75 Å². The minimum atomic E-state index is -0.506. The molecule has 0 aliphatic heterocycles. The van der Waals surface area contributed by atoms with Crippen LogP contribution >= 0.6 is 11.3 Å². The first-order chi connectivity index (χ1) is 15.9. The van der Waals surface area contributed by atoms with Crippen molar-refractivity contribution >= 4 is 40.8 Å². The third-order valence-electron chi connectivity index (χ3n) is 4.46. The number of benzene rings is 2. The fraction of sp³-hybridized carbons (Fsp3) is 0.167. The molecule has 33 heavy (non-hydrogen) atoms. The first kappa shape index (κ1) is 23.7. The lowest BCUT2D eigenvalue weighted by Crippen LogP contribution is -2.28. The van der Waals surface area contributed by atoms with Crippen LogP contribution in [0.25, 0.3) is 6.08 Å². The SMILES string of the molecule is Cc1nc(COc2ccccc2/C=C/C(=O)Nc2ccccc2C(=O)NCCC(N)=O)cs1. The van der Waals surface area contributed by atoms with E-state index >= 15 is 0 Å². The van der Waals surface area contributed by atoms with Crippen molar-refractivity contribution in [2.75, 3.05) is 11.9 Å². The zero-order valence-electron chi connectivity index (χ0n) is 18.0. The smallest absolute Gasteiger partial charge is 0.253 e. The number of ether oxygens (including phenoxy) is 1. The number of anilines is 1. The summed E-state index contributed by atoms with van der Waals surface area (Å²) < 4.78 is 5.87. The summed E-state index contributed by atoms with van der Waals surface area (Å²) in [5.74, 6) is -0.695. The monoisotopic (exact) mass is 464 g/mol. The largest absolute Gasteiger partial charge is 0.487 e. The van der Waals surface area contributed by atoms with Crippen molar-refractivity contribution in [1.82, 2.24) is 10.3 Å². The van der Waals surface area contributed by atoms with Crippen LogP contribution < -0.4 is 21.1 Å². The number of nitrogens with two attached hydrogens (primary N) is 1. The summed E-state index contributed by atoms with van der Waals surface area (Å²) in [6.45, 7) is 2.39. The number of carbonyl (C=O) groups is 3. The first-order valence-corrected chi connectivity index (χ1v) is 11.1. The van der Waals surface area contributed by atoms with E-state index < -0.39 is 17.7 Å². The van der Waals surface area contributed by atoms with Gasteiger partial charge in [0.1, 0.15) is 12.4 Å².